The molecule has 3 atom stereocenters. The van der Waals surface area contributed by atoms with E-state index in [-0.39, 0.29) is 11.3 Å². The van der Waals surface area contributed by atoms with Gasteiger partial charge in [-0.05, 0) is 48.4 Å². The van der Waals surface area contributed by atoms with Crippen LogP contribution in [0, 0.1) is 11.3 Å². The Morgan fingerprint density at radius 3 is 2.92 bits per heavy atom. The van der Waals surface area contributed by atoms with Crippen LogP contribution in [0.15, 0.2) is 52.8 Å². The topological polar surface area (TPSA) is 74.4 Å². The van der Waals surface area contributed by atoms with Gasteiger partial charge in [-0.1, -0.05) is 47.6 Å². The minimum Gasteiger partial charge on any atom is -0.490 e. The fourth-order valence-corrected chi connectivity index (χ4v) is 5.09. The van der Waals surface area contributed by atoms with Crippen LogP contribution in [0.25, 0.3) is 0 Å². The number of hydrogen-bond donors (Lipinski definition) is 2. The van der Waals surface area contributed by atoms with E-state index in [1.54, 1.807) is 6.08 Å². The van der Waals surface area contributed by atoms with Crippen molar-refractivity contribution in [2.45, 2.75) is 38.5 Å². The third-order valence-corrected chi connectivity index (χ3v) is 6.37. The third kappa shape index (κ3) is 2.37. The standard InChI is InChI=1S/C21H24N2O3/c1-3-10-26-14-5-7-15-13(11-14)4-6-17-16(15)8-9-21(2)18(17)12-19(22-24)20(21)23-25/h3,5-7,11,16,18,24-25H,1,4,8-10,12H2,2H3/b22-19-,23-20+/t16-,18+,21-/m1/s1. The molecule has 0 aromatic heterocycles. The van der Waals surface area contributed by atoms with E-state index in [0.717, 1.165) is 25.0 Å². The number of benzene rings is 1. The lowest BCUT2D eigenvalue weighted by atomic mass is 9.60. The van der Waals surface area contributed by atoms with Crippen molar-refractivity contribution in [3.8, 4) is 5.75 Å². The molecule has 26 heavy (non-hydrogen) atoms. The molecule has 5 nitrogen and oxygen atoms in total. The van der Waals surface area contributed by atoms with E-state index >= 15 is 0 Å². The summed E-state index contributed by atoms with van der Waals surface area (Å²) in [5.41, 5.74) is 4.87. The Morgan fingerprint density at radius 2 is 2.19 bits per heavy atom. The number of ether oxygens (including phenoxy) is 1. The molecule has 2 saturated carbocycles. The van der Waals surface area contributed by atoms with Crippen LogP contribution >= 0.6 is 0 Å². The molecule has 136 valence electrons. The molecule has 3 aliphatic rings. The molecule has 0 spiro atoms. The van der Waals surface area contributed by atoms with E-state index in [2.05, 4.69) is 42.0 Å². The quantitative estimate of drug-likeness (QED) is 0.484. The number of oxime groups is 2. The maximum atomic E-state index is 9.48. The van der Waals surface area contributed by atoms with Crippen molar-refractivity contribution < 1.29 is 15.2 Å². The van der Waals surface area contributed by atoms with Crippen molar-refractivity contribution >= 4 is 11.4 Å². The Morgan fingerprint density at radius 1 is 1.35 bits per heavy atom. The van der Waals surface area contributed by atoms with Gasteiger partial charge in [0, 0.05) is 17.8 Å². The summed E-state index contributed by atoms with van der Waals surface area (Å²) in [5.74, 6) is 1.48. The molecular formula is C21H24N2O3. The number of nitrogens with zero attached hydrogens (tertiary/aromatic N) is 2. The highest BCUT2D eigenvalue weighted by Gasteiger charge is 2.54. The molecule has 0 amide bonds. The second kappa shape index (κ2) is 6.31. The van der Waals surface area contributed by atoms with Gasteiger partial charge < -0.3 is 15.2 Å². The summed E-state index contributed by atoms with van der Waals surface area (Å²) in [6.07, 6.45) is 7.48. The lowest BCUT2D eigenvalue weighted by Crippen LogP contribution is -2.38. The van der Waals surface area contributed by atoms with Crippen LogP contribution in [0.3, 0.4) is 0 Å². The van der Waals surface area contributed by atoms with E-state index in [1.807, 2.05) is 6.07 Å². The smallest absolute Gasteiger partial charge is 0.120 e. The first-order valence-electron chi connectivity index (χ1n) is 9.12. The molecular weight excluding hydrogens is 328 g/mol. The minimum atomic E-state index is -0.261. The van der Waals surface area contributed by atoms with Crippen LogP contribution < -0.4 is 4.74 Å². The predicted octanol–water partition coefficient (Wildman–Crippen LogP) is 4.30. The van der Waals surface area contributed by atoms with Crippen LogP contribution in [0.1, 0.15) is 43.2 Å². The van der Waals surface area contributed by atoms with E-state index < -0.39 is 0 Å². The summed E-state index contributed by atoms with van der Waals surface area (Å²) in [5, 5.41) is 25.7. The predicted molar refractivity (Wildman–Crippen MR) is 101 cm³/mol. The Balaban J connectivity index is 1.68. The molecule has 1 aromatic rings. The third-order valence-electron chi connectivity index (χ3n) is 6.37. The lowest BCUT2D eigenvalue weighted by molar-refractivity contribution is 0.244. The van der Waals surface area contributed by atoms with Crippen molar-refractivity contribution in [1.29, 1.82) is 0 Å². The number of rotatable bonds is 3. The molecule has 0 aliphatic heterocycles. The van der Waals surface area contributed by atoms with Crippen molar-refractivity contribution in [3.05, 3.63) is 53.6 Å². The van der Waals surface area contributed by atoms with Gasteiger partial charge in [-0.2, -0.15) is 0 Å². The highest BCUT2D eigenvalue weighted by molar-refractivity contribution is 6.46. The van der Waals surface area contributed by atoms with Crippen LogP contribution in [0.4, 0.5) is 0 Å². The largest absolute Gasteiger partial charge is 0.490 e. The molecule has 4 rings (SSSR count). The monoisotopic (exact) mass is 352 g/mol. The number of hydrogen-bond acceptors (Lipinski definition) is 5. The first-order valence-corrected chi connectivity index (χ1v) is 9.12. The van der Waals surface area contributed by atoms with Gasteiger partial charge in [0.1, 0.15) is 23.8 Å². The van der Waals surface area contributed by atoms with Crippen molar-refractivity contribution in [2.24, 2.45) is 21.6 Å². The SMILES string of the molecule is C=CCOc1ccc2c(c1)CC=C1[C@@H]2CC[C@@]2(C)C(=N/O)/C(=N\O)C[C@@H]12. The molecule has 0 heterocycles. The molecule has 0 unspecified atom stereocenters. The first kappa shape index (κ1) is 16.9. The van der Waals surface area contributed by atoms with Crippen LogP contribution in [-0.2, 0) is 6.42 Å². The fourth-order valence-electron chi connectivity index (χ4n) is 5.09. The molecule has 1 aromatic carbocycles. The molecule has 5 heteroatoms. The van der Waals surface area contributed by atoms with Crippen molar-refractivity contribution in [3.63, 3.8) is 0 Å². The van der Waals surface area contributed by atoms with Gasteiger partial charge in [0.15, 0.2) is 0 Å². The molecule has 2 N–H and O–H groups in total. The highest BCUT2D eigenvalue weighted by Crippen LogP contribution is 2.57. The second-order valence-electron chi connectivity index (χ2n) is 7.63. The Bertz CT molecular complexity index is 840. The summed E-state index contributed by atoms with van der Waals surface area (Å²) in [7, 11) is 0. The van der Waals surface area contributed by atoms with Crippen LogP contribution in [-0.4, -0.2) is 28.4 Å². The normalized spacial score (nSPS) is 32.6. The number of fused-ring (bicyclic) bond motifs is 5. The Labute approximate surface area is 153 Å². The summed E-state index contributed by atoms with van der Waals surface area (Å²) in [6, 6.07) is 6.36. The molecule has 0 radical (unpaired) electrons. The maximum Gasteiger partial charge on any atom is 0.120 e. The Kier molecular flexibility index (Phi) is 4.10. The summed E-state index contributed by atoms with van der Waals surface area (Å²) in [4.78, 5) is 0. The van der Waals surface area contributed by atoms with E-state index in [9.17, 15) is 10.4 Å². The average molecular weight is 352 g/mol. The van der Waals surface area contributed by atoms with E-state index in [0.29, 0.717) is 30.4 Å². The van der Waals surface area contributed by atoms with Crippen LogP contribution in [0.5, 0.6) is 5.75 Å². The molecule has 0 saturated heterocycles. The van der Waals surface area contributed by atoms with Gasteiger partial charge in [0.25, 0.3) is 0 Å². The first-order chi connectivity index (χ1) is 12.6. The zero-order chi connectivity index (χ0) is 18.3. The summed E-state index contributed by atoms with van der Waals surface area (Å²) >= 11 is 0. The highest BCUT2D eigenvalue weighted by atomic mass is 16.5. The van der Waals surface area contributed by atoms with Gasteiger partial charge in [-0.15, -0.1) is 0 Å². The number of allylic oxidation sites excluding steroid dienone is 2. The van der Waals surface area contributed by atoms with Gasteiger partial charge in [0.2, 0.25) is 0 Å². The molecule has 2 fully saturated rings. The van der Waals surface area contributed by atoms with Gasteiger partial charge in [-0.3, -0.25) is 0 Å². The zero-order valence-corrected chi connectivity index (χ0v) is 15.0. The van der Waals surface area contributed by atoms with Gasteiger partial charge in [0.05, 0.1) is 0 Å². The van der Waals surface area contributed by atoms with E-state index in [4.69, 9.17) is 4.74 Å². The molecule has 0 bridgehead atoms. The Hall–Kier alpha value is -2.56. The fraction of sp³-hybridized carbons (Fsp3) is 0.429. The van der Waals surface area contributed by atoms with Crippen LogP contribution in [0.2, 0.25) is 0 Å². The second-order valence-corrected chi connectivity index (χ2v) is 7.63. The van der Waals surface area contributed by atoms with E-state index in [1.165, 1.54) is 16.7 Å². The van der Waals surface area contributed by atoms with Gasteiger partial charge >= 0.3 is 0 Å². The van der Waals surface area contributed by atoms with Crippen molar-refractivity contribution in [1.82, 2.24) is 0 Å². The zero-order valence-electron chi connectivity index (χ0n) is 15.0. The molecule has 3 aliphatic carbocycles. The lowest BCUT2D eigenvalue weighted by Gasteiger charge is -2.44. The summed E-state index contributed by atoms with van der Waals surface area (Å²) in [6.45, 7) is 6.33. The summed E-state index contributed by atoms with van der Waals surface area (Å²) < 4.78 is 5.67. The average Bonchev–Trinajstić information content (AvgIpc) is 2.97. The van der Waals surface area contributed by atoms with Gasteiger partial charge in [-0.25, -0.2) is 0 Å². The van der Waals surface area contributed by atoms with Crippen molar-refractivity contribution in [2.75, 3.05) is 6.61 Å². The maximum absolute atomic E-state index is 9.48. The minimum absolute atomic E-state index is 0.225.